The first-order valence-electron chi connectivity index (χ1n) is 9.23. The fourth-order valence-corrected chi connectivity index (χ4v) is 3.40. The molecule has 28 heavy (non-hydrogen) atoms. The molecule has 2 aromatic rings. The quantitative estimate of drug-likeness (QED) is 0.755. The lowest BCUT2D eigenvalue weighted by Gasteiger charge is -2.32. The molecule has 2 aromatic carbocycles. The van der Waals surface area contributed by atoms with Gasteiger partial charge < -0.3 is 9.74 Å². The SMILES string of the molecule is CN1CCN(Cc2ccc(C(=O)ON3C(=O)c4ccccc4C3=O)cc2)CC1. The van der Waals surface area contributed by atoms with E-state index in [2.05, 4.69) is 16.8 Å². The minimum Gasteiger partial charge on any atom is -0.324 e. The average molecular weight is 379 g/mol. The summed E-state index contributed by atoms with van der Waals surface area (Å²) >= 11 is 0. The van der Waals surface area contributed by atoms with Crippen LogP contribution >= 0.6 is 0 Å². The van der Waals surface area contributed by atoms with Crippen molar-refractivity contribution in [3.05, 3.63) is 70.8 Å². The maximum atomic E-state index is 12.4. The normalized spacial score (nSPS) is 17.7. The van der Waals surface area contributed by atoms with Gasteiger partial charge in [0, 0.05) is 32.7 Å². The van der Waals surface area contributed by atoms with Crippen molar-refractivity contribution in [2.24, 2.45) is 0 Å². The number of hydroxylamine groups is 2. The molecule has 0 aromatic heterocycles. The zero-order valence-corrected chi connectivity index (χ0v) is 15.6. The Labute approximate surface area is 163 Å². The average Bonchev–Trinajstić information content (AvgIpc) is 2.95. The predicted molar refractivity (Wildman–Crippen MR) is 102 cm³/mol. The first-order valence-corrected chi connectivity index (χ1v) is 9.23. The monoisotopic (exact) mass is 379 g/mol. The van der Waals surface area contributed by atoms with Crippen molar-refractivity contribution in [2.45, 2.75) is 6.54 Å². The van der Waals surface area contributed by atoms with Crippen molar-refractivity contribution >= 4 is 17.8 Å². The number of carbonyl (C=O) groups excluding carboxylic acids is 3. The fourth-order valence-electron chi connectivity index (χ4n) is 3.40. The topological polar surface area (TPSA) is 70.2 Å². The van der Waals surface area contributed by atoms with Crippen LogP contribution in [0.3, 0.4) is 0 Å². The molecule has 2 aliphatic heterocycles. The summed E-state index contributed by atoms with van der Waals surface area (Å²) in [5, 5.41) is 0.533. The second kappa shape index (κ2) is 7.53. The Morgan fingerprint density at radius 1 is 0.893 bits per heavy atom. The Balaban J connectivity index is 1.39. The van der Waals surface area contributed by atoms with Gasteiger partial charge in [-0.05, 0) is 36.9 Å². The summed E-state index contributed by atoms with van der Waals surface area (Å²) in [6.07, 6.45) is 0. The van der Waals surface area contributed by atoms with Gasteiger partial charge in [-0.1, -0.05) is 29.3 Å². The maximum Gasteiger partial charge on any atom is 0.363 e. The highest BCUT2D eigenvalue weighted by Gasteiger charge is 2.38. The second-order valence-corrected chi connectivity index (χ2v) is 7.11. The lowest BCUT2D eigenvalue weighted by molar-refractivity contribution is -0.0584. The van der Waals surface area contributed by atoms with Crippen LogP contribution in [-0.2, 0) is 11.4 Å². The number of piperazine rings is 1. The van der Waals surface area contributed by atoms with E-state index < -0.39 is 17.8 Å². The van der Waals surface area contributed by atoms with Gasteiger partial charge in [0.05, 0.1) is 16.7 Å². The van der Waals surface area contributed by atoms with Crippen molar-refractivity contribution < 1.29 is 19.2 Å². The van der Waals surface area contributed by atoms with E-state index in [0.717, 1.165) is 38.3 Å². The van der Waals surface area contributed by atoms with E-state index in [-0.39, 0.29) is 11.1 Å². The smallest absolute Gasteiger partial charge is 0.324 e. The Bertz CT molecular complexity index is 883. The van der Waals surface area contributed by atoms with Gasteiger partial charge in [0.15, 0.2) is 0 Å². The number of fused-ring (bicyclic) bond motifs is 1. The first-order chi connectivity index (χ1) is 13.5. The van der Waals surface area contributed by atoms with Gasteiger partial charge >= 0.3 is 5.97 Å². The third-order valence-electron chi connectivity index (χ3n) is 5.12. The molecule has 2 amide bonds. The molecule has 0 radical (unpaired) electrons. The van der Waals surface area contributed by atoms with Crippen molar-refractivity contribution in [3.63, 3.8) is 0 Å². The fraction of sp³-hybridized carbons (Fsp3) is 0.286. The third kappa shape index (κ3) is 3.54. The highest BCUT2D eigenvalue weighted by molar-refractivity contribution is 6.21. The van der Waals surface area contributed by atoms with Gasteiger partial charge in [-0.25, -0.2) is 4.79 Å². The standard InChI is InChI=1S/C21H21N3O4/c1-22-10-12-23(13-11-22)14-15-6-8-16(9-7-15)21(27)28-24-19(25)17-4-2-3-5-18(17)20(24)26/h2-9H,10-14H2,1H3. The molecule has 1 saturated heterocycles. The van der Waals surface area contributed by atoms with Crippen LogP contribution in [0.1, 0.15) is 36.6 Å². The molecule has 1 fully saturated rings. The molecule has 144 valence electrons. The van der Waals surface area contributed by atoms with Crippen LogP contribution < -0.4 is 0 Å². The minimum absolute atomic E-state index is 0.239. The second-order valence-electron chi connectivity index (χ2n) is 7.11. The molecule has 0 bridgehead atoms. The highest BCUT2D eigenvalue weighted by Crippen LogP contribution is 2.23. The lowest BCUT2D eigenvalue weighted by atomic mass is 10.1. The van der Waals surface area contributed by atoms with E-state index in [0.29, 0.717) is 10.6 Å². The van der Waals surface area contributed by atoms with Gasteiger partial charge in [-0.2, -0.15) is 0 Å². The number of amides is 2. The molecule has 0 saturated carbocycles. The molecule has 7 heteroatoms. The summed E-state index contributed by atoms with van der Waals surface area (Å²) in [6.45, 7) is 4.94. The minimum atomic E-state index is -0.736. The Morgan fingerprint density at radius 2 is 1.46 bits per heavy atom. The summed E-state index contributed by atoms with van der Waals surface area (Å²) in [5.41, 5.74) is 1.87. The molecule has 2 heterocycles. The molecular formula is C21H21N3O4. The van der Waals surface area contributed by atoms with Gasteiger partial charge in [0.2, 0.25) is 0 Å². The molecule has 0 spiro atoms. The number of hydrogen-bond acceptors (Lipinski definition) is 6. The van der Waals surface area contributed by atoms with E-state index in [1.165, 1.54) is 12.1 Å². The number of likely N-dealkylation sites (N-methyl/N-ethyl adjacent to an activating group) is 1. The predicted octanol–water partition coefficient (Wildman–Crippen LogP) is 1.80. The number of nitrogens with zero attached hydrogens (tertiary/aromatic N) is 3. The van der Waals surface area contributed by atoms with Gasteiger partial charge in [0.25, 0.3) is 11.8 Å². The summed E-state index contributed by atoms with van der Waals surface area (Å²) in [4.78, 5) is 46.7. The number of carbonyl (C=O) groups is 3. The zero-order chi connectivity index (χ0) is 19.7. The summed E-state index contributed by atoms with van der Waals surface area (Å²) in [5.74, 6) is -1.98. The number of rotatable bonds is 4. The van der Waals surface area contributed by atoms with Crippen molar-refractivity contribution in [3.8, 4) is 0 Å². The van der Waals surface area contributed by atoms with E-state index in [1.807, 2.05) is 12.1 Å². The molecule has 4 rings (SSSR count). The zero-order valence-electron chi connectivity index (χ0n) is 15.6. The summed E-state index contributed by atoms with van der Waals surface area (Å²) < 4.78 is 0. The van der Waals surface area contributed by atoms with E-state index in [9.17, 15) is 14.4 Å². The van der Waals surface area contributed by atoms with E-state index in [1.54, 1.807) is 24.3 Å². The van der Waals surface area contributed by atoms with Crippen molar-refractivity contribution in [2.75, 3.05) is 33.2 Å². The maximum absolute atomic E-state index is 12.4. The molecule has 0 aliphatic carbocycles. The van der Waals surface area contributed by atoms with Crippen molar-refractivity contribution in [1.82, 2.24) is 14.9 Å². The lowest BCUT2D eigenvalue weighted by Crippen LogP contribution is -2.43. The van der Waals surface area contributed by atoms with Crippen molar-refractivity contribution in [1.29, 1.82) is 0 Å². The van der Waals surface area contributed by atoms with Gasteiger partial charge in [-0.15, -0.1) is 0 Å². The first kappa shape index (κ1) is 18.3. The van der Waals surface area contributed by atoms with E-state index in [4.69, 9.17) is 4.84 Å². The molecule has 0 atom stereocenters. The Kier molecular flexibility index (Phi) is 4.93. The van der Waals surface area contributed by atoms with E-state index >= 15 is 0 Å². The molecular weight excluding hydrogens is 358 g/mol. The Morgan fingerprint density at radius 3 is 2.04 bits per heavy atom. The van der Waals surface area contributed by atoms with Gasteiger partial charge in [0.1, 0.15) is 0 Å². The molecule has 0 unspecified atom stereocenters. The third-order valence-corrected chi connectivity index (χ3v) is 5.12. The largest absolute Gasteiger partial charge is 0.363 e. The highest BCUT2D eigenvalue weighted by atomic mass is 16.7. The molecule has 7 nitrogen and oxygen atoms in total. The Hall–Kier alpha value is -3.03. The summed E-state index contributed by atoms with van der Waals surface area (Å²) in [6, 6.07) is 13.5. The van der Waals surface area contributed by atoms with Crippen LogP contribution in [0.5, 0.6) is 0 Å². The van der Waals surface area contributed by atoms with Crippen LogP contribution in [0.2, 0.25) is 0 Å². The molecule has 2 aliphatic rings. The van der Waals surface area contributed by atoms with Crippen LogP contribution in [0.25, 0.3) is 0 Å². The van der Waals surface area contributed by atoms with Crippen LogP contribution in [-0.4, -0.2) is 65.9 Å². The summed E-state index contributed by atoms with van der Waals surface area (Å²) in [7, 11) is 2.12. The number of imide groups is 1. The van der Waals surface area contributed by atoms with Gasteiger partial charge in [-0.3, -0.25) is 14.5 Å². The van der Waals surface area contributed by atoms with Crippen LogP contribution in [0, 0.1) is 0 Å². The number of benzene rings is 2. The van der Waals surface area contributed by atoms with Crippen LogP contribution in [0.4, 0.5) is 0 Å². The molecule has 0 N–H and O–H groups in total. The van der Waals surface area contributed by atoms with Crippen LogP contribution in [0.15, 0.2) is 48.5 Å². The number of hydrogen-bond donors (Lipinski definition) is 0.